The second-order valence-corrected chi connectivity index (χ2v) is 5.98. The Kier molecular flexibility index (Phi) is 3.54. The van der Waals surface area contributed by atoms with Gasteiger partial charge in [-0.1, -0.05) is 18.2 Å². The number of aryl methyl sites for hydroxylation is 1. The van der Waals surface area contributed by atoms with Crippen molar-refractivity contribution in [2.45, 2.75) is 18.7 Å². The lowest BCUT2D eigenvalue weighted by molar-refractivity contribution is 0.0690. The maximum Gasteiger partial charge on any atom is 0.352 e. The third kappa shape index (κ3) is 2.53. The molecule has 1 aromatic heterocycles. The van der Waals surface area contributed by atoms with Gasteiger partial charge in [0, 0.05) is 16.9 Å². The van der Waals surface area contributed by atoms with E-state index < -0.39 is 16.0 Å². The Labute approximate surface area is 116 Å². The van der Waals surface area contributed by atoms with Gasteiger partial charge < -0.3 is 10.1 Å². The molecule has 1 aromatic carbocycles. The van der Waals surface area contributed by atoms with Crippen LogP contribution in [0.15, 0.2) is 35.2 Å². The van der Waals surface area contributed by atoms with Crippen LogP contribution in [0.4, 0.5) is 5.69 Å². The fraction of sp³-hybridized carbons (Fsp3) is 0.154. The largest absolute Gasteiger partial charge is 0.477 e. The van der Waals surface area contributed by atoms with Crippen molar-refractivity contribution in [2.24, 2.45) is 0 Å². The third-order valence-electron chi connectivity index (χ3n) is 2.88. The highest BCUT2D eigenvalue weighted by Crippen LogP contribution is 2.25. The molecule has 0 radical (unpaired) electrons. The number of benzene rings is 1. The predicted molar refractivity (Wildman–Crippen MR) is 74.5 cm³/mol. The van der Waals surface area contributed by atoms with E-state index in [0.29, 0.717) is 11.4 Å². The standard InChI is InChI=1S/C13H14N2O4S/c1-8-11(13(16)17)14-9(2)12(8)20(18,19)15-10-6-4-3-5-7-10/h3-7,14-15H,1-2H3,(H,16,17). The van der Waals surface area contributed by atoms with Gasteiger partial charge in [-0.15, -0.1) is 0 Å². The number of aromatic carboxylic acids is 1. The summed E-state index contributed by atoms with van der Waals surface area (Å²) in [5.74, 6) is -1.19. The lowest BCUT2D eigenvalue weighted by Gasteiger charge is -2.08. The first kappa shape index (κ1) is 14.1. The van der Waals surface area contributed by atoms with Gasteiger partial charge in [0.2, 0.25) is 0 Å². The molecule has 6 nitrogen and oxygen atoms in total. The lowest BCUT2D eigenvalue weighted by Crippen LogP contribution is -2.14. The van der Waals surface area contributed by atoms with Crippen LogP contribution in [0.3, 0.4) is 0 Å². The molecule has 3 N–H and O–H groups in total. The van der Waals surface area contributed by atoms with Crippen LogP contribution < -0.4 is 4.72 Å². The summed E-state index contributed by atoms with van der Waals surface area (Å²) >= 11 is 0. The zero-order valence-electron chi connectivity index (χ0n) is 11.0. The summed E-state index contributed by atoms with van der Waals surface area (Å²) in [5.41, 5.74) is 0.794. The molecule has 0 aliphatic rings. The topological polar surface area (TPSA) is 99.3 Å². The third-order valence-corrected chi connectivity index (χ3v) is 4.53. The van der Waals surface area contributed by atoms with Gasteiger partial charge in [-0.2, -0.15) is 0 Å². The van der Waals surface area contributed by atoms with Crippen molar-refractivity contribution in [1.29, 1.82) is 0 Å². The molecule has 2 aromatic rings. The van der Waals surface area contributed by atoms with E-state index >= 15 is 0 Å². The fourth-order valence-electron chi connectivity index (χ4n) is 2.06. The number of nitrogens with one attached hydrogen (secondary N) is 2. The molecule has 0 unspecified atom stereocenters. The van der Waals surface area contributed by atoms with E-state index in [1.54, 1.807) is 30.3 Å². The second-order valence-electron chi connectivity index (χ2n) is 4.36. The van der Waals surface area contributed by atoms with Crippen molar-refractivity contribution < 1.29 is 18.3 Å². The van der Waals surface area contributed by atoms with Crippen LogP contribution in [0.25, 0.3) is 0 Å². The van der Waals surface area contributed by atoms with Gasteiger partial charge in [0.25, 0.3) is 10.0 Å². The summed E-state index contributed by atoms with van der Waals surface area (Å²) in [6.07, 6.45) is 0. The monoisotopic (exact) mass is 294 g/mol. The molecule has 0 fully saturated rings. The summed E-state index contributed by atoms with van der Waals surface area (Å²) in [4.78, 5) is 13.6. The van der Waals surface area contributed by atoms with E-state index in [1.807, 2.05) is 0 Å². The molecule has 0 aliphatic carbocycles. The van der Waals surface area contributed by atoms with E-state index in [4.69, 9.17) is 5.11 Å². The highest BCUT2D eigenvalue weighted by Gasteiger charge is 2.26. The van der Waals surface area contributed by atoms with Gasteiger partial charge in [0.1, 0.15) is 10.6 Å². The highest BCUT2D eigenvalue weighted by molar-refractivity contribution is 7.92. The number of aromatic nitrogens is 1. The highest BCUT2D eigenvalue weighted by atomic mass is 32.2. The summed E-state index contributed by atoms with van der Waals surface area (Å²) < 4.78 is 27.1. The van der Waals surface area contributed by atoms with Crippen LogP contribution in [0.2, 0.25) is 0 Å². The van der Waals surface area contributed by atoms with Gasteiger partial charge >= 0.3 is 5.97 Å². The zero-order valence-corrected chi connectivity index (χ0v) is 11.8. The Bertz CT molecular complexity index is 748. The number of carbonyl (C=O) groups is 1. The van der Waals surface area contributed by atoms with Crippen LogP contribution in [-0.4, -0.2) is 24.5 Å². The second kappa shape index (κ2) is 5.01. The Balaban J connectivity index is 2.48. The predicted octanol–water partition coefficient (Wildman–Crippen LogP) is 2.13. The molecule has 2 rings (SSSR count). The minimum atomic E-state index is -3.83. The van der Waals surface area contributed by atoms with Crippen molar-refractivity contribution in [2.75, 3.05) is 4.72 Å². The maximum absolute atomic E-state index is 12.4. The van der Waals surface area contributed by atoms with Crippen LogP contribution in [0.1, 0.15) is 21.7 Å². The number of rotatable bonds is 4. The summed E-state index contributed by atoms with van der Waals surface area (Å²) in [6, 6.07) is 8.42. The Morgan fingerprint density at radius 2 is 1.80 bits per heavy atom. The summed E-state index contributed by atoms with van der Waals surface area (Å²) in [6.45, 7) is 2.99. The minimum Gasteiger partial charge on any atom is -0.477 e. The number of sulfonamides is 1. The first-order valence-electron chi connectivity index (χ1n) is 5.83. The SMILES string of the molecule is Cc1[nH]c(C(=O)O)c(C)c1S(=O)(=O)Nc1ccccc1. The Morgan fingerprint density at radius 1 is 1.20 bits per heavy atom. The van der Waals surface area contributed by atoms with E-state index in [0.717, 1.165) is 0 Å². The smallest absolute Gasteiger partial charge is 0.352 e. The number of carboxylic acids is 1. The first-order valence-corrected chi connectivity index (χ1v) is 7.31. The average Bonchev–Trinajstić information content (AvgIpc) is 2.66. The normalized spacial score (nSPS) is 11.3. The molecule has 0 amide bonds. The van der Waals surface area contributed by atoms with Gasteiger partial charge in [-0.05, 0) is 26.0 Å². The molecule has 7 heteroatoms. The molecule has 0 bridgehead atoms. The van der Waals surface area contributed by atoms with Crippen molar-refractivity contribution in [3.8, 4) is 0 Å². The van der Waals surface area contributed by atoms with Crippen molar-refractivity contribution in [3.05, 3.63) is 47.3 Å². The zero-order chi connectivity index (χ0) is 14.9. The van der Waals surface area contributed by atoms with E-state index in [2.05, 4.69) is 9.71 Å². The maximum atomic E-state index is 12.4. The molecular formula is C13H14N2O4S. The molecule has 1 heterocycles. The number of carboxylic acid groups (broad SMARTS) is 1. The number of H-pyrrole nitrogens is 1. The van der Waals surface area contributed by atoms with Crippen LogP contribution >= 0.6 is 0 Å². The molecule has 0 saturated heterocycles. The molecule has 0 aliphatic heterocycles. The lowest BCUT2D eigenvalue weighted by atomic mass is 10.2. The number of aromatic amines is 1. The number of hydrogen-bond acceptors (Lipinski definition) is 3. The Hall–Kier alpha value is -2.28. The summed E-state index contributed by atoms with van der Waals surface area (Å²) in [7, 11) is -3.83. The summed E-state index contributed by atoms with van der Waals surface area (Å²) in [5, 5.41) is 9.01. The quantitative estimate of drug-likeness (QED) is 0.804. The van der Waals surface area contributed by atoms with Crippen molar-refractivity contribution >= 4 is 21.7 Å². The van der Waals surface area contributed by atoms with Gasteiger partial charge in [0.05, 0.1) is 0 Å². The Morgan fingerprint density at radius 3 is 2.30 bits per heavy atom. The molecule has 0 saturated carbocycles. The molecular weight excluding hydrogens is 280 g/mol. The van der Waals surface area contributed by atoms with E-state index in [9.17, 15) is 13.2 Å². The van der Waals surface area contributed by atoms with Crippen molar-refractivity contribution in [1.82, 2.24) is 4.98 Å². The van der Waals surface area contributed by atoms with Crippen molar-refractivity contribution in [3.63, 3.8) is 0 Å². The molecule has 0 atom stereocenters. The number of para-hydroxylation sites is 1. The van der Waals surface area contributed by atoms with Gasteiger partial charge in [0.15, 0.2) is 0 Å². The van der Waals surface area contributed by atoms with E-state index in [-0.39, 0.29) is 16.2 Å². The number of anilines is 1. The first-order chi connectivity index (χ1) is 9.33. The minimum absolute atomic E-state index is 0.0289. The number of hydrogen-bond donors (Lipinski definition) is 3. The van der Waals surface area contributed by atoms with E-state index in [1.165, 1.54) is 13.8 Å². The average molecular weight is 294 g/mol. The van der Waals surface area contributed by atoms with Crippen LogP contribution in [-0.2, 0) is 10.0 Å². The molecule has 20 heavy (non-hydrogen) atoms. The molecule has 106 valence electrons. The van der Waals surface area contributed by atoms with Crippen LogP contribution in [0.5, 0.6) is 0 Å². The fourth-order valence-corrected chi connectivity index (χ4v) is 3.57. The van der Waals surface area contributed by atoms with Crippen LogP contribution in [0, 0.1) is 13.8 Å². The molecule has 0 spiro atoms. The van der Waals surface area contributed by atoms with Gasteiger partial charge in [-0.25, -0.2) is 13.2 Å². The van der Waals surface area contributed by atoms with Gasteiger partial charge in [-0.3, -0.25) is 4.72 Å².